The molecule has 1 heterocycles. The molecule has 1 aliphatic heterocycles. The Bertz CT molecular complexity index is 717. The van der Waals surface area contributed by atoms with Crippen molar-refractivity contribution in [1.82, 2.24) is 5.32 Å². The smallest absolute Gasteiger partial charge is 0.251 e. The molecule has 2 aromatic carbocycles. The summed E-state index contributed by atoms with van der Waals surface area (Å²) in [7, 11) is 1.62. The summed E-state index contributed by atoms with van der Waals surface area (Å²) in [6.07, 6.45) is 2.52. The van der Waals surface area contributed by atoms with Crippen molar-refractivity contribution in [2.75, 3.05) is 25.1 Å². The molecule has 1 atom stereocenters. The zero-order chi connectivity index (χ0) is 18.5. The summed E-state index contributed by atoms with van der Waals surface area (Å²) in [4.78, 5) is 14.9. The van der Waals surface area contributed by atoms with Crippen LogP contribution < -0.4 is 15.0 Å². The van der Waals surface area contributed by atoms with Crippen molar-refractivity contribution in [3.8, 4) is 5.75 Å². The Morgan fingerprint density at radius 2 is 1.69 bits per heavy atom. The molecule has 138 valence electrons. The van der Waals surface area contributed by atoms with Crippen molar-refractivity contribution in [2.45, 2.75) is 32.7 Å². The summed E-state index contributed by atoms with van der Waals surface area (Å²) in [5.41, 5.74) is 3.02. The molecule has 4 heteroatoms. The topological polar surface area (TPSA) is 41.6 Å². The van der Waals surface area contributed by atoms with Gasteiger partial charge in [-0.1, -0.05) is 19.1 Å². The number of amides is 1. The highest BCUT2D eigenvalue weighted by molar-refractivity contribution is 5.94. The highest BCUT2D eigenvalue weighted by atomic mass is 16.5. The molecule has 0 radical (unpaired) electrons. The molecule has 1 fully saturated rings. The summed E-state index contributed by atoms with van der Waals surface area (Å²) in [6.45, 7) is 6.60. The molecule has 26 heavy (non-hydrogen) atoms. The Morgan fingerprint density at radius 1 is 1.08 bits per heavy atom. The van der Waals surface area contributed by atoms with E-state index in [-0.39, 0.29) is 11.9 Å². The van der Waals surface area contributed by atoms with Gasteiger partial charge in [-0.25, -0.2) is 0 Å². The summed E-state index contributed by atoms with van der Waals surface area (Å²) in [6, 6.07) is 15.7. The number of nitrogens with one attached hydrogen (secondary N) is 1. The van der Waals surface area contributed by atoms with Crippen LogP contribution in [0.2, 0.25) is 0 Å². The van der Waals surface area contributed by atoms with Gasteiger partial charge in [0.25, 0.3) is 5.91 Å². The SMILES string of the molecule is COc1ccc(C(=O)NC(C)c2ccc(N3CCC(C)CC3)cc2)cc1. The van der Waals surface area contributed by atoms with Crippen LogP contribution in [0.15, 0.2) is 48.5 Å². The second-order valence-electron chi connectivity index (χ2n) is 7.18. The zero-order valence-electron chi connectivity index (χ0n) is 15.9. The zero-order valence-corrected chi connectivity index (χ0v) is 15.9. The second-order valence-corrected chi connectivity index (χ2v) is 7.18. The first-order valence-electron chi connectivity index (χ1n) is 9.36. The van der Waals surface area contributed by atoms with Crippen molar-refractivity contribution in [2.24, 2.45) is 5.92 Å². The van der Waals surface area contributed by atoms with Gasteiger partial charge in [0.15, 0.2) is 0 Å². The van der Waals surface area contributed by atoms with Crippen molar-refractivity contribution >= 4 is 11.6 Å². The fourth-order valence-corrected chi connectivity index (χ4v) is 3.35. The molecular formula is C22H28N2O2. The van der Waals surface area contributed by atoms with E-state index in [1.807, 2.05) is 6.92 Å². The lowest BCUT2D eigenvalue weighted by molar-refractivity contribution is 0.0940. The number of hydrogen-bond donors (Lipinski definition) is 1. The van der Waals surface area contributed by atoms with E-state index in [1.165, 1.54) is 18.5 Å². The first-order chi connectivity index (χ1) is 12.6. The maximum Gasteiger partial charge on any atom is 0.251 e. The van der Waals surface area contributed by atoms with E-state index in [0.29, 0.717) is 5.56 Å². The predicted molar refractivity (Wildman–Crippen MR) is 106 cm³/mol. The quantitative estimate of drug-likeness (QED) is 0.866. The van der Waals surface area contributed by atoms with E-state index in [2.05, 4.69) is 41.4 Å². The number of nitrogens with zero attached hydrogens (tertiary/aromatic N) is 1. The van der Waals surface area contributed by atoms with Gasteiger partial charge in [0, 0.05) is 24.3 Å². The van der Waals surface area contributed by atoms with E-state index < -0.39 is 0 Å². The first kappa shape index (κ1) is 18.3. The maximum atomic E-state index is 12.4. The lowest BCUT2D eigenvalue weighted by Gasteiger charge is -2.32. The number of ether oxygens (including phenoxy) is 1. The first-order valence-corrected chi connectivity index (χ1v) is 9.36. The van der Waals surface area contributed by atoms with Crippen LogP contribution in [-0.2, 0) is 0 Å². The van der Waals surface area contributed by atoms with Crippen LogP contribution in [-0.4, -0.2) is 26.1 Å². The normalized spacial score (nSPS) is 16.2. The summed E-state index contributed by atoms with van der Waals surface area (Å²) in [5.74, 6) is 1.50. The van der Waals surface area contributed by atoms with E-state index in [9.17, 15) is 4.79 Å². The maximum absolute atomic E-state index is 12.4. The van der Waals surface area contributed by atoms with Gasteiger partial charge in [0.1, 0.15) is 5.75 Å². The third kappa shape index (κ3) is 4.37. The van der Waals surface area contributed by atoms with Gasteiger partial charge in [-0.2, -0.15) is 0 Å². The second kappa shape index (κ2) is 8.26. The lowest BCUT2D eigenvalue weighted by Crippen LogP contribution is -2.32. The Morgan fingerprint density at radius 3 is 2.27 bits per heavy atom. The molecule has 0 spiro atoms. The summed E-state index contributed by atoms with van der Waals surface area (Å²) < 4.78 is 5.13. The van der Waals surface area contributed by atoms with Gasteiger partial charge < -0.3 is 15.0 Å². The standard InChI is InChI=1S/C22H28N2O2/c1-16-12-14-24(15-13-16)20-8-4-18(5-9-20)17(2)23-22(25)19-6-10-21(26-3)11-7-19/h4-11,16-17H,12-15H2,1-3H3,(H,23,25). The van der Waals surface area contributed by atoms with E-state index in [1.54, 1.807) is 31.4 Å². The number of carbonyl (C=O) groups excluding carboxylic acids is 1. The van der Waals surface area contributed by atoms with Gasteiger partial charge in [-0.05, 0) is 67.6 Å². The number of benzene rings is 2. The monoisotopic (exact) mass is 352 g/mol. The number of anilines is 1. The Labute approximate surface area is 156 Å². The van der Waals surface area contributed by atoms with Crippen LogP contribution in [0.5, 0.6) is 5.75 Å². The molecule has 0 saturated carbocycles. The van der Waals surface area contributed by atoms with Crippen molar-refractivity contribution in [3.05, 3.63) is 59.7 Å². The summed E-state index contributed by atoms with van der Waals surface area (Å²) >= 11 is 0. The van der Waals surface area contributed by atoms with Gasteiger partial charge in [0.05, 0.1) is 13.2 Å². The van der Waals surface area contributed by atoms with Crippen LogP contribution in [0.3, 0.4) is 0 Å². The number of carbonyl (C=O) groups is 1. The molecule has 0 aliphatic carbocycles. The van der Waals surface area contributed by atoms with Crippen LogP contribution in [0.1, 0.15) is 48.7 Å². The molecule has 1 aliphatic rings. The summed E-state index contributed by atoms with van der Waals surface area (Å²) in [5, 5.41) is 3.06. The van der Waals surface area contributed by atoms with Crippen molar-refractivity contribution in [1.29, 1.82) is 0 Å². The van der Waals surface area contributed by atoms with E-state index >= 15 is 0 Å². The molecule has 2 aromatic rings. The molecule has 1 saturated heterocycles. The third-order valence-electron chi connectivity index (χ3n) is 5.24. The largest absolute Gasteiger partial charge is 0.497 e. The Kier molecular flexibility index (Phi) is 5.82. The Balaban J connectivity index is 1.60. The Hall–Kier alpha value is -2.49. The molecule has 1 amide bonds. The molecular weight excluding hydrogens is 324 g/mol. The molecule has 1 unspecified atom stereocenters. The fraction of sp³-hybridized carbons (Fsp3) is 0.409. The van der Waals surface area contributed by atoms with Crippen molar-refractivity contribution in [3.63, 3.8) is 0 Å². The molecule has 1 N–H and O–H groups in total. The number of rotatable bonds is 5. The van der Waals surface area contributed by atoms with Gasteiger partial charge in [-0.15, -0.1) is 0 Å². The number of methoxy groups -OCH3 is 1. The van der Waals surface area contributed by atoms with Crippen LogP contribution >= 0.6 is 0 Å². The highest BCUT2D eigenvalue weighted by Crippen LogP contribution is 2.24. The highest BCUT2D eigenvalue weighted by Gasteiger charge is 2.17. The van der Waals surface area contributed by atoms with Crippen molar-refractivity contribution < 1.29 is 9.53 Å². The van der Waals surface area contributed by atoms with Gasteiger partial charge in [0.2, 0.25) is 0 Å². The fourth-order valence-electron chi connectivity index (χ4n) is 3.35. The van der Waals surface area contributed by atoms with Gasteiger partial charge >= 0.3 is 0 Å². The number of hydrogen-bond acceptors (Lipinski definition) is 3. The average molecular weight is 352 g/mol. The minimum Gasteiger partial charge on any atom is -0.497 e. The lowest BCUT2D eigenvalue weighted by atomic mass is 9.98. The minimum absolute atomic E-state index is 0.0416. The van der Waals surface area contributed by atoms with E-state index in [4.69, 9.17) is 4.74 Å². The third-order valence-corrected chi connectivity index (χ3v) is 5.24. The van der Waals surface area contributed by atoms with Crippen LogP contribution in [0.4, 0.5) is 5.69 Å². The average Bonchev–Trinajstić information content (AvgIpc) is 2.68. The minimum atomic E-state index is -0.0748. The van der Waals surface area contributed by atoms with Gasteiger partial charge in [-0.3, -0.25) is 4.79 Å². The molecule has 0 aromatic heterocycles. The van der Waals surface area contributed by atoms with E-state index in [0.717, 1.165) is 30.3 Å². The van der Waals surface area contributed by atoms with Crippen LogP contribution in [0, 0.1) is 5.92 Å². The molecule has 3 rings (SSSR count). The van der Waals surface area contributed by atoms with Crippen LogP contribution in [0.25, 0.3) is 0 Å². The number of piperidine rings is 1. The molecule has 4 nitrogen and oxygen atoms in total. The predicted octanol–water partition coefficient (Wildman–Crippen LogP) is 4.42. The molecule has 0 bridgehead atoms.